The Morgan fingerprint density at radius 3 is 2.58 bits per heavy atom. The van der Waals surface area contributed by atoms with Crippen molar-refractivity contribution < 1.29 is 4.42 Å². The average molecular weight is 405 g/mol. The predicted molar refractivity (Wildman–Crippen MR) is 104 cm³/mol. The van der Waals surface area contributed by atoms with Crippen LogP contribution in [0.1, 0.15) is 5.56 Å². The summed E-state index contributed by atoms with van der Waals surface area (Å²) in [5, 5.41) is 9.97. The minimum absolute atomic E-state index is 0.618. The fraction of sp³-hybridized carbons (Fsp3) is 0.0500. The highest BCUT2D eigenvalue weighted by Crippen LogP contribution is 2.34. The Hall–Kier alpha value is -2.99. The van der Waals surface area contributed by atoms with Gasteiger partial charge in [0, 0.05) is 10.0 Å². The zero-order valence-electron chi connectivity index (χ0n) is 13.8. The first-order chi connectivity index (χ1) is 12.7. The fourth-order valence-corrected chi connectivity index (χ4v) is 3.74. The lowest BCUT2D eigenvalue weighted by atomic mass is 10.0. The molecule has 0 fully saturated rings. The van der Waals surface area contributed by atoms with Gasteiger partial charge >= 0.3 is 0 Å². The lowest BCUT2D eigenvalue weighted by molar-refractivity contribution is 0.618. The standard InChI is InChI=1S/C20H13BrN4O/c1-12-8-13(25-10-22-23-11-25)9-18-19(12)26-20(24-18)16-6-2-5-15-14(16)4-3-7-17(15)21/h2-11H,1H3. The van der Waals surface area contributed by atoms with Crippen molar-refractivity contribution in [1.29, 1.82) is 0 Å². The summed E-state index contributed by atoms with van der Waals surface area (Å²) in [5.41, 5.74) is 4.57. The average Bonchev–Trinajstić information content (AvgIpc) is 3.31. The second-order valence-corrected chi connectivity index (χ2v) is 6.99. The second-order valence-electron chi connectivity index (χ2n) is 6.14. The van der Waals surface area contributed by atoms with Gasteiger partial charge in [0.15, 0.2) is 5.58 Å². The van der Waals surface area contributed by atoms with Crippen molar-refractivity contribution in [2.45, 2.75) is 6.92 Å². The molecule has 0 bridgehead atoms. The molecule has 5 aromatic rings. The van der Waals surface area contributed by atoms with Crippen LogP contribution in [0.4, 0.5) is 0 Å². The van der Waals surface area contributed by atoms with Gasteiger partial charge in [0.2, 0.25) is 5.89 Å². The quantitative estimate of drug-likeness (QED) is 0.400. The monoisotopic (exact) mass is 404 g/mol. The number of fused-ring (bicyclic) bond motifs is 2. The lowest BCUT2D eigenvalue weighted by Crippen LogP contribution is -1.91. The first-order valence-corrected chi connectivity index (χ1v) is 8.94. The van der Waals surface area contributed by atoms with Gasteiger partial charge in [-0.05, 0) is 47.5 Å². The van der Waals surface area contributed by atoms with E-state index in [1.54, 1.807) is 12.7 Å². The van der Waals surface area contributed by atoms with Gasteiger partial charge < -0.3 is 4.42 Å². The van der Waals surface area contributed by atoms with Gasteiger partial charge in [0.25, 0.3) is 0 Å². The highest BCUT2D eigenvalue weighted by atomic mass is 79.9. The van der Waals surface area contributed by atoms with E-state index < -0.39 is 0 Å². The molecule has 5 rings (SSSR count). The van der Waals surface area contributed by atoms with Gasteiger partial charge in [0.05, 0.1) is 5.69 Å². The summed E-state index contributed by atoms with van der Waals surface area (Å²) in [6.07, 6.45) is 3.34. The van der Waals surface area contributed by atoms with Crippen LogP contribution in [0.25, 0.3) is 39.0 Å². The van der Waals surface area contributed by atoms with Crippen molar-refractivity contribution in [2.75, 3.05) is 0 Å². The molecule has 0 aliphatic rings. The smallest absolute Gasteiger partial charge is 0.227 e. The number of benzene rings is 3. The second kappa shape index (κ2) is 5.78. The van der Waals surface area contributed by atoms with Crippen molar-refractivity contribution in [3.05, 3.63) is 71.2 Å². The third-order valence-electron chi connectivity index (χ3n) is 4.48. The molecule has 2 aromatic heterocycles. The van der Waals surface area contributed by atoms with Crippen LogP contribution in [0, 0.1) is 6.92 Å². The number of hydrogen-bond acceptors (Lipinski definition) is 4. The molecule has 0 aliphatic carbocycles. The molecule has 0 N–H and O–H groups in total. The molecule has 26 heavy (non-hydrogen) atoms. The minimum Gasteiger partial charge on any atom is -0.436 e. The molecular formula is C20H13BrN4O. The van der Waals surface area contributed by atoms with Gasteiger partial charge in [-0.25, -0.2) is 4.98 Å². The van der Waals surface area contributed by atoms with E-state index in [0.29, 0.717) is 5.89 Å². The molecule has 2 heterocycles. The molecule has 3 aromatic carbocycles. The normalized spacial score (nSPS) is 11.5. The van der Waals surface area contributed by atoms with Gasteiger partial charge in [0.1, 0.15) is 18.2 Å². The molecule has 0 unspecified atom stereocenters. The number of oxazole rings is 1. The Kier molecular flexibility index (Phi) is 3.39. The third-order valence-corrected chi connectivity index (χ3v) is 5.17. The topological polar surface area (TPSA) is 56.7 Å². The minimum atomic E-state index is 0.618. The van der Waals surface area contributed by atoms with Gasteiger partial charge in [-0.2, -0.15) is 0 Å². The summed E-state index contributed by atoms with van der Waals surface area (Å²) in [4.78, 5) is 4.76. The number of hydrogen-bond donors (Lipinski definition) is 0. The van der Waals surface area contributed by atoms with Crippen LogP contribution in [0.2, 0.25) is 0 Å². The van der Waals surface area contributed by atoms with Crippen LogP contribution in [0.15, 0.2) is 70.1 Å². The first-order valence-electron chi connectivity index (χ1n) is 8.14. The van der Waals surface area contributed by atoms with Crippen LogP contribution in [-0.4, -0.2) is 19.7 Å². The van der Waals surface area contributed by atoms with Gasteiger partial charge in [-0.1, -0.05) is 40.2 Å². The Morgan fingerprint density at radius 2 is 1.73 bits per heavy atom. The molecule has 5 nitrogen and oxygen atoms in total. The maximum atomic E-state index is 6.14. The highest BCUT2D eigenvalue weighted by molar-refractivity contribution is 9.10. The Morgan fingerprint density at radius 1 is 0.962 bits per heavy atom. The van der Waals surface area contributed by atoms with Gasteiger partial charge in [-0.15, -0.1) is 10.2 Å². The molecule has 0 atom stereocenters. The Labute approximate surface area is 157 Å². The number of rotatable bonds is 2. The summed E-state index contributed by atoms with van der Waals surface area (Å²) >= 11 is 3.62. The SMILES string of the molecule is Cc1cc(-n2cnnc2)cc2nc(-c3cccc4c(Br)cccc34)oc12. The van der Waals surface area contributed by atoms with E-state index in [-0.39, 0.29) is 0 Å². The van der Waals surface area contributed by atoms with E-state index >= 15 is 0 Å². The summed E-state index contributed by atoms with van der Waals surface area (Å²) in [7, 11) is 0. The van der Waals surface area contributed by atoms with Crippen molar-refractivity contribution in [3.63, 3.8) is 0 Å². The van der Waals surface area contributed by atoms with Crippen molar-refractivity contribution in [3.8, 4) is 17.1 Å². The number of halogens is 1. The van der Waals surface area contributed by atoms with Gasteiger partial charge in [-0.3, -0.25) is 4.57 Å². The molecule has 0 saturated heterocycles. The molecule has 0 amide bonds. The maximum absolute atomic E-state index is 6.14. The predicted octanol–water partition coefficient (Wildman–Crippen LogP) is 5.30. The summed E-state index contributed by atoms with van der Waals surface area (Å²) in [6, 6.07) is 16.3. The van der Waals surface area contributed by atoms with E-state index in [1.165, 1.54) is 0 Å². The van der Waals surface area contributed by atoms with E-state index in [4.69, 9.17) is 9.40 Å². The van der Waals surface area contributed by atoms with E-state index in [1.807, 2.05) is 47.9 Å². The molecule has 0 aliphatic heterocycles. The molecular weight excluding hydrogens is 392 g/mol. The van der Waals surface area contributed by atoms with E-state index in [0.717, 1.165) is 43.2 Å². The van der Waals surface area contributed by atoms with Crippen molar-refractivity contribution in [2.24, 2.45) is 0 Å². The zero-order valence-corrected chi connectivity index (χ0v) is 15.4. The van der Waals surface area contributed by atoms with E-state index in [9.17, 15) is 0 Å². The van der Waals surface area contributed by atoms with Crippen LogP contribution < -0.4 is 0 Å². The maximum Gasteiger partial charge on any atom is 0.227 e. The summed E-state index contributed by atoms with van der Waals surface area (Å²) < 4.78 is 9.05. The van der Waals surface area contributed by atoms with Crippen LogP contribution in [-0.2, 0) is 0 Å². The lowest BCUT2D eigenvalue weighted by Gasteiger charge is -2.04. The zero-order chi connectivity index (χ0) is 17.7. The molecule has 0 spiro atoms. The molecule has 126 valence electrons. The Balaban J connectivity index is 1.74. The Bertz CT molecular complexity index is 1260. The molecule has 0 radical (unpaired) electrons. The van der Waals surface area contributed by atoms with Crippen molar-refractivity contribution in [1.82, 2.24) is 19.7 Å². The van der Waals surface area contributed by atoms with Crippen LogP contribution in [0.3, 0.4) is 0 Å². The first kappa shape index (κ1) is 15.3. The van der Waals surface area contributed by atoms with Crippen molar-refractivity contribution >= 4 is 37.8 Å². The highest BCUT2D eigenvalue weighted by Gasteiger charge is 2.15. The van der Waals surface area contributed by atoms with Crippen LogP contribution >= 0.6 is 15.9 Å². The molecule has 0 saturated carbocycles. The largest absolute Gasteiger partial charge is 0.436 e. The van der Waals surface area contributed by atoms with E-state index in [2.05, 4.69) is 38.3 Å². The summed E-state index contributed by atoms with van der Waals surface area (Å²) in [6.45, 7) is 2.02. The third kappa shape index (κ3) is 2.34. The fourth-order valence-electron chi connectivity index (χ4n) is 3.24. The number of aromatic nitrogens is 4. The number of nitrogens with zero attached hydrogens (tertiary/aromatic N) is 4. The number of aryl methyl sites for hydroxylation is 1. The van der Waals surface area contributed by atoms with Crippen LogP contribution in [0.5, 0.6) is 0 Å². The summed E-state index contributed by atoms with van der Waals surface area (Å²) in [5.74, 6) is 0.618. The molecule has 6 heteroatoms.